The summed E-state index contributed by atoms with van der Waals surface area (Å²) in [6, 6.07) is 8.77. The van der Waals surface area contributed by atoms with Crippen LogP contribution in [0.4, 0.5) is 0 Å². The number of nitrogens with two attached hydrogens (primary N) is 1. The summed E-state index contributed by atoms with van der Waals surface area (Å²) in [4.78, 5) is 9.18. The van der Waals surface area contributed by atoms with Crippen LogP contribution in [0, 0.1) is 0 Å². The van der Waals surface area contributed by atoms with E-state index in [4.69, 9.17) is 5.73 Å². The standard InChI is InChI=1S/C18H22N4O/c1-11(23)18-21-16-10-20-15-5-3-2-4-14(15)17(16)22(18)13-8-6-12(19)7-9-13/h2-5,10-13,23H,6-9,19H2,1H3/t11-,12?,13?/m1/s1. The van der Waals surface area contributed by atoms with Gasteiger partial charge in [0.05, 0.1) is 17.2 Å². The number of aromatic nitrogens is 3. The van der Waals surface area contributed by atoms with Gasteiger partial charge in [0, 0.05) is 17.5 Å². The molecule has 2 heterocycles. The van der Waals surface area contributed by atoms with Crippen molar-refractivity contribution < 1.29 is 5.11 Å². The lowest BCUT2D eigenvalue weighted by molar-refractivity contribution is 0.177. The molecule has 1 saturated carbocycles. The molecular formula is C18H22N4O. The lowest BCUT2D eigenvalue weighted by atomic mass is 9.91. The molecule has 0 saturated heterocycles. The minimum atomic E-state index is -0.600. The van der Waals surface area contributed by atoms with Crippen LogP contribution >= 0.6 is 0 Å². The molecule has 23 heavy (non-hydrogen) atoms. The monoisotopic (exact) mass is 310 g/mol. The molecule has 0 amide bonds. The maximum atomic E-state index is 10.2. The third-order valence-electron chi connectivity index (χ3n) is 4.93. The zero-order valence-corrected chi connectivity index (χ0v) is 13.3. The van der Waals surface area contributed by atoms with Gasteiger partial charge in [-0.3, -0.25) is 4.98 Å². The normalized spacial score (nSPS) is 23.4. The first-order chi connectivity index (χ1) is 11.1. The summed E-state index contributed by atoms with van der Waals surface area (Å²) in [7, 11) is 0. The minimum absolute atomic E-state index is 0.300. The molecule has 3 N–H and O–H groups in total. The number of benzene rings is 1. The van der Waals surface area contributed by atoms with Crippen molar-refractivity contribution in [3.8, 4) is 0 Å². The number of fused-ring (bicyclic) bond motifs is 3. The number of aliphatic hydroxyl groups is 1. The Morgan fingerprint density at radius 3 is 2.65 bits per heavy atom. The van der Waals surface area contributed by atoms with E-state index >= 15 is 0 Å². The van der Waals surface area contributed by atoms with Crippen molar-refractivity contribution in [2.24, 2.45) is 5.73 Å². The maximum Gasteiger partial charge on any atom is 0.138 e. The molecule has 0 unspecified atom stereocenters. The number of imidazole rings is 1. The summed E-state index contributed by atoms with van der Waals surface area (Å²) in [5, 5.41) is 11.3. The molecule has 5 heteroatoms. The highest BCUT2D eigenvalue weighted by Gasteiger charge is 2.26. The van der Waals surface area contributed by atoms with Crippen LogP contribution in [0.5, 0.6) is 0 Å². The largest absolute Gasteiger partial charge is 0.385 e. The molecule has 4 rings (SSSR count). The first kappa shape index (κ1) is 14.6. The molecule has 5 nitrogen and oxygen atoms in total. The zero-order chi connectivity index (χ0) is 16.0. The quantitative estimate of drug-likeness (QED) is 0.762. The smallest absolute Gasteiger partial charge is 0.138 e. The molecule has 1 aromatic carbocycles. The number of hydrogen-bond acceptors (Lipinski definition) is 4. The molecular weight excluding hydrogens is 288 g/mol. The van der Waals surface area contributed by atoms with Gasteiger partial charge in [0.25, 0.3) is 0 Å². The Labute approximate surface area is 135 Å². The summed E-state index contributed by atoms with van der Waals surface area (Å²) in [6.07, 6.45) is 5.32. The Balaban J connectivity index is 1.98. The first-order valence-corrected chi connectivity index (χ1v) is 8.34. The Morgan fingerprint density at radius 2 is 1.91 bits per heavy atom. The predicted molar refractivity (Wildman–Crippen MR) is 91.1 cm³/mol. The van der Waals surface area contributed by atoms with E-state index in [2.05, 4.69) is 20.6 Å². The van der Waals surface area contributed by atoms with Gasteiger partial charge in [0.2, 0.25) is 0 Å². The van der Waals surface area contributed by atoms with Crippen molar-refractivity contribution >= 4 is 21.9 Å². The molecule has 0 aliphatic heterocycles. The summed E-state index contributed by atoms with van der Waals surface area (Å²) in [6.45, 7) is 1.78. The topological polar surface area (TPSA) is 77.0 Å². The molecule has 120 valence electrons. The highest BCUT2D eigenvalue weighted by atomic mass is 16.3. The minimum Gasteiger partial charge on any atom is -0.385 e. The Hall–Kier alpha value is -1.98. The number of hydrogen-bond donors (Lipinski definition) is 2. The van der Waals surface area contributed by atoms with E-state index in [-0.39, 0.29) is 0 Å². The molecule has 1 atom stereocenters. The van der Waals surface area contributed by atoms with Gasteiger partial charge in [0.1, 0.15) is 17.4 Å². The van der Waals surface area contributed by atoms with Crippen molar-refractivity contribution in [3.63, 3.8) is 0 Å². The number of nitrogens with zero attached hydrogens (tertiary/aromatic N) is 3. The van der Waals surface area contributed by atoms with Crippen LogP contribution in [0.15, 0.2) is 30.5 Å². The van der Waals surface area contributed by atoms with Crippen molar-refractivity contribution in [1.29, 1.82) is 0 Å². The van der Waals surface area contributed by atoms with Crippen LogP contribution in [0.2, 0.25) is 0 Å². The van der Waals surface area contributed by atoms with E-state index in [0.29, 0.717) is 12.1 Å². The van der Waals surface area contributed by atoms with Crippen molar-refractivity contribution in [2.75, 3.05) is 0 Å². The molecule has 2 aromatic heterocycles. The highest BCUT2D eigenvalue weighted by molar-refractivity contribution is 6.02. The number of pyridine rings is 1. The van der Waals surface area contributed by atoms with E-state index in [1.165, 1.54) is 0 Å². The third-order valence-corrected chi connectivity index (χ3v) is 4.93. The maximum absolute atomic E-state index is 10.2. The van der Waals surface area contributed by atoms with E-state index in [0.717, 1.165) is 53.4 Å². The first-order valence-electron chi connectivity index (χ1n) is 8.34. The third kappa shape index (κ3) is 2.40. The van der Waals surface area contributed by atoms with E-state index in [9.17, 15) is 5.11 Å². The van der Waals surface area contributed by atoms with Crippen molar-refractivity contribution in [3.05, 3.63) is 36.3 Å². The Morgan fingerprint density at radius 1 is 1.17 bits per heavy atom. The summed E-state index contributed by atoms with van der Waals surface area (Å²) in [5.41, 5.74) is 8.98. The number of para-hydroxylation sites is 1. The van der Waals surface area contributed by atoms with Crippen LogP contribution in [0.1, 0.15) is 50.6 Å². The van der Waals surface area contributed by atoms with Crippen LogP contribution in [-0.4, -0.2) is 25.7 Å². The van der Waals surface area contributed by atoms with Gasteiger partial charge in [-0.05, 0) is 38.7 Å². The number of aliphatic hydroxyl groups excluding tert-OH is 1. The zero-order valence-electron chi connectivity index (χ0n) is 13.3. The molecule has 0 spiro atoms. The van der Waals surface area contributed by atoms with Gasteiger partial charge >= 0.3 is 0 Å². The number of rotatable bonds is 2. The van der Waals surface area contributed by atoms with Gasteiger partial charge < -0.3 is 15.4 Å². The summed E-state index contributed by atoms with van der Waals surface area (Å²) < 4.78 is 2.25. The average molecular weight is 310 g/mol. The Kier molecular flexibility index (Phi) is 3.54. The van der Waals surface area contributed by atoms with Gasteiger partial charge in [-0.2, -0.15) is 0 Å². The van der Waals surface area contributed by atoms with Gasteiger partial charge in [-0.25, -0.2) is 4.98 Å². The van der Waals surface area contributed by atoms with E-state index < -0.39 is 6.10 Å². The molecule has 1 aliphatic rings. The van der Waals surface area contributed by atoms with Crippen LogP contribution in [0.3, 0.4) is 0 Å². The highest BCUT2D eigenvalue weighted by Crippen LogP contribution is 2.36. The van der Waals surface area contributed by atoms with E-state index in [1.54, 1.807) is 6.92 Å². The fourth-order valence-corrected chi connectivity index (χ4v) is 3.77. The van der Waals surface area contributed by atoms with Crippen LogP contribution in [0.25, 0.3) is 21.9 Å². The summed E-state index contributed by atoms with van der Waals surface area (Å²) in [5.74, 6) is 0.735. The molecule has 0 radical (unpaired) electrons. The molecule has 1 aliphatic carbocycles. The van der Waals surface area contributed by atoms with Gasteiger partial charge in [-0.1, -0.05) is 18.2 Å². The second kappa shape index (κ2) is 5.58. The fraction of sp³-hybridized carbons (Fsp3) is 0.444. The molecule has 0 bridgehead atoms. The van der Waals surface area contributed by atoms with Crippen LogP contribution in [-0.2, 0) is 0 Å². The fourth-order valence-electron chi connectivity index (χ4n) is 3.77. The van der Waals surface area contributed by atoms with Crippen molar-refractivity contribution in [2.45, 2.75) is 50.8 Å². The molecule has 1 fully saturated rings. The van der Waals surface area contributed by atoms with E-state index in [1.807, 2.05) is 24.4 Å². The SMILES string of the molecule is C[C@@H](O)c1nc2cnc3ccccc3c2n1C1CCC(N)CC1. The van der Waals surface area contributed by atoms with Gasteiger partial charge in [-0.15, -0.1) is 0 Å². The van der Waals surface area contributed by atoms with Crippen molar-refractivity contribution in [1.82, 2.24) is 14.5 Å². The second-order valence-corrected chi connectivity index (χ2v) is 6.59. The second-order valence-electron chi connectivity index (χ2n) is 6.59. The lowest BCUT2D eigenvalue weighted by Crippen LogP contribution is -2.28. The summed E-state index contributed by atoms with van der Waals surface area (Å²) >= 11 is 0. The Bertz CT molecular complexity index is 847. The average Bonchev–Trinajstić information content (AvgIpc) is 2.96. The predicted octanol–water partition coefficient (Wildman–Crippen LogP) is 3.08. The molecule has 3 aromatic rings. The lowest BCUT2D eigenvalue weighted by Gasteiger charge is -2.29. The van der Waals surface area contributed by atoms with Gasteiger partial charge in [0.15, 0.2) is 0 Å². The van der Waals surface area contributed by atoms with Crippen LogP contribution < -0.4 is 5.73 Å².